The smallest absolute Gasteiger partial charge is 0.232 e. The number of aliphatic hydroxyl groups excluding tert-OH is 1. The Morgan fingerprint density at radius 3 is 2.71 bits per heavy atom. The highest BCUT2D eigenvalue weighted by Gasteiger charge is 2.24. The first-order valence-corrected chi connectivity index (χ1v) is 6.94. The van der Waals surface area contributed by atoms with Crippen LogP contribution in [0.15, 0.2) is 47.8 Å². The molecule has 3 rings (SSSR count). The van der Waals surface area contributed by atoms with Crippen molar-refractivity contribution >= 4 is 11.9 Å². The van der Waals surface area contributed by atoms with Gasteiger partial charge in [-0.25, -0.2) is 0 Å². The van der Waals surface area contributed by atoms with Crippen molar-refractivity contribution in [3.63, 3.8) is 0 Å². The molecule has 1 aliphatic heterocycles. The zero-order valence-electron chi connectivity index (χ0n) is 11.8. The number of aliphatic hydroxyl groups is 1. The summed E-state index contributed by atoms with van der Waals surface area (Å²) in [6.07, 6.45) is 6.23. The van der Waals surface area contributed by atoms with Crippen LogP contribution in [0, 0.1) is 11.1 Å². The summed E-state index contributed by atoms with van der Waals surface area (Å²) in [5.74, 6) is 0.165. The van der Waals surface area contributed by atoms with E-state index >= 15 is 0 Å². The molecule has 5 nitrogen and oxygen atoms in total. The summed E-state index contributed by atoms with van der Waals surface area (Å²) in [6.45, 7) is 2.06. The van der Waals surface area contributed by atoms with Crippen molar-refractivity contribution in [2.24, 2.45) is 11.0 Å². The van der Waals surface area contributed by atoms with E-state index in [1.54, 1.807) is 6.21 Å². The van der Waals surface area contributed by atoms with Crippen LogP contribution in [0.2, 0.25) is 0 Å². The van der Waals surface area contributed by atoms with E-state index in [-0.39, 0.29) is 12.5 Å². The van der Waals surface area contributed by atoms with Gasteiger partial charge in [0.05, 0.1) is 18.7 Å². The maximum absolute atomic E-state index is 11.9. The van der Waals surface area contributed by atoms with Gasteiger partial charge in [0.2, 0.25) is 5.71 Å². The minimum Gasteiger partial charge on any atom is -0.594 e. The van der Waals surface area contributed by atoms with Crippen molar-refractivity contribution in [3.8, 4) is 5.69 Å². The Labute approximate surface area is 123 Å². The zero-order chi connectivity index (χ0) is 14.8. The van der Waals surface area contributed by atoms with Gasteiger partial charge in [-0.3, -0.25) is 0 Å². The van der Waals surface area contributed by atoms with E-state index in [0.29, 0.717) is 10.6 Å². The van der Waals surface area contributed by atoms with E-state index < -0.39 is 0 Å². The molecule has 0 bridgehead atoms. The summed E-state index contributed by atoms with van der Waals surface area (Å²) in [7, 11) is 0. The van der Waals surface area contributed by atoms with Gasteiger partial charge in [-0.15, -0.1) is 0 Å². The van der Waals surface area contributed by atoms with E-state index in [2.05, 4.69) is 5.10 Å². The summed E-state index contributed by atoms with van der Waals surface area (Å²) in [5, 5.41) is 24.8. The lowest BCUT2D eigenvalue weighted by atomic mass is 9.95. The SMILES string of the molecule is CC1CC=N[N+]([O-])=C1c1ccc(-n2ccc(CO)c2)cc1. The maximum Gasteiger partial charge on any atom is 0.232 e. The van der Waals surface area contributed by atoms with Crippen molar-refractivity contribution in [3.05, 3.63) is 59.1 Å². The first-order valence-electron chi connectivity index (χ1n) is 6.94. The monoisotopic (exact) mass is 283 g/mol. The van der Waals surface area contributed by atoms with Crippen LogP contribution in [-0.4, -0.2) is 26.4 Å². The normalized spacial score (nSPS) is 18.3. The van der Waals surface area contributed by atoms with Crippen molar-refractivity contribution in [1.82, 2.24) is 4.57 Å². The predicted octanol–water partition coefficient (Wildman–Crippen LogP) is 2.29. The molecule has 21 heavy (non-hydrogen) atoms. The molecule has 2 aromatic rings. The molecule has 0 radical (unpaired) electrons. The number of hydrazone groups is 1. The second kappa shape index (κ2) is 5.54. The quantitative estimate of drug-likeness (QED) is 0.694. The van der Waals surface area contributed by atoms with Crippen LogP contribution >= 0.6 is 0 Å². The van der Waals surface area contributed by atoms with Crippen molar-refractivity contribution in [1.29, 1.82) is 0 Å². The Kier molecular flexibility index (Phi) is 3.58. The lowest BCUT2D eigenvalue weighted by Crippen LogP contribution is -2.25. The molecule has 1 atom stereocenters. The van der Waals surface area contributed by atoms with Crippen LogP contribution in [-0.2, 0) is 6.61 Å². The number of hydrogen-bond acceptors (Lipinski definition) is 3. The molecule has 0 saturated heterocycles. The average Bonchev–Trinajstić information content (AvgIpc) is 2.97. The third-order valence-electron chi connectivity index (χ3n) is 3.72. The number of benzene rings is 1. The van der Waals surface area contributed by atoms with Crippen LogP contribution in [0.25, 0.3) is 5.69 Å². The lowest BCUT2D eigenvalue weighted by molar-refractivity contribution is -0.466. The van der Waals surface area contributed by atoms with Crippen LogP contribution in [0.5, 0.6) is 0 Å². The first-order chi connectivity index (χ1) is 10.2. The largest absolute Gasteiger partial charge is 0.594 e. The second-order valence-electron chi connectivity index (χ2n) is 5.22. The van der Waals surface area contributed by atoms with Gasteiger partial charge < -0.3 is 14.9 Å². The van der Waals surface area contributed by atoms with E-state index in [4.69, 9.17) is 5.11 Å². The van der Waals surface area contributed by atoms with Crippen LogP contribution in [0.4, 0.5) is 0 Å². The molecule has 0 saturated carbocycles. The molecule has 1 aromatic heterocycles. The Hall–Kier alpha value is -2.40. The van der Waals surface area contributed by atoms with Crippen molar-refractivity contribution < 1.29 is 9.95 Å². The molecule has 0 aliphatic carbocycles. The summed E-state index contributed by atoms with van der Waals surface area (Å²) in [4.78, 5) is 0.711. The summed E-state index contributed by atoms with van der Waals surface area (Å²) in [6, 6.07) is 9.67. The van der Waals surface area contributed by atoms with Gasteiger partial charge >= 0.3 is 0 Å². The van der Waals surface area contributed by atoms with Gasteiger partial charge in [-0.1, -0.05) is 11.8 Å². The lowest BCUT2D eigenvalue weighted by Gasteiger charge is -2.15. The standard InChI is InChI=1S/C16H17N3O2/c1-12-6-8-17-19(21)16(12)14-2-4-15(5-3-14)18-9-7-13(10-18)11-20/h2-5,7-10,12,20H,6,11H2,1H3. The summed E-state index contributed by atoms with van der Waals surface area (Å²) in [5.41, 5.74) is 3.46. The molecular formula is C16H17N3O2. The molecule has 108 valence electrons. The maximum atomic E-state index is 11.9. The highest BCUT2D eigenvalue weighted by Crippen LogP contribution is 2.18. The molecule has 5 heteroatoms. The summed E-state index contributed by atoms with van der Waals surface area (Å²) < 4.78 is 1.94. The zero-order valence-corrected chi connectivity index (χ0v) is 11.8. The Bertz CT molecular complexity index is 699. The molecule has 1 N–H and O–H groups in total. The van der Waals surface area contributed by atoms with Gasteiger partial charge in [0.15, 0.2) is 0 Å². The molecular weight excluding hydrogens is 266 g/mol. The average molecular weight is 283 g/mol. The molecule has 1 aliphatic rings. The fourth-order valence-electron chi connectivity index (χ4n) is 2.54. The topological polar surface area (TPSA) is 63.6 Å². The fraction of sp³-hybridized carbons (Fsp3) is 0.250. The molecule has 2 heterocycles. The van der Waals surface area contributed by atoms with Gasteiger partial charge in [0, 0.05) is 35.2 Å². The molecule has 0 fully saturated rings. The third-order valence-corrected chi connectivity index (χ3v) is 3.72. The van der Waals surface area contributed by atoms with Gasteiger partial charge in [0.1, 0.15) is 0 Å². The Balaban J connectivity index is 1.92. The number of rotatable bonds is 3. The third kappa shape index (κ3) is 2.60. The predicted molar refractivity (Wildman–Crippen MR) is 81.7 cm³/mol. The fourth-order valence-corrected chi connectivity index (χ4v) is 2.54. The van der Waals surface area contributed by atoms with E-state index in [1.807, 2.05) is 54.2 Å². The molecule has 1 aromatic carbocycles. The first kappa shape index (κ1) is 13.6. The van der Waals surface area contributed by atoms with E-state index in [1.165, 1.54) is 0 Å². The van der Waals surface area contributed by atoms with Crippen molar-refractivity contribution in [2.75, 3.05) is 0 Å². The number of nitrogens with zero attached hydrogens (tertiary/aromatic N) is 3. The van der Waals surface area contributed by atoms with Gasteiger partial charge in [-0.2, -0.15) is 0 Å². The number of hydrogen-bond donors (Lipinski definition) is 1. The van der Waals surface area contributed by atoms with E-state index in [0.717, 1.165) is 23.2 Å². The van der Waals surface area contributed by atoms with Crippen LogP contribution in [0.3, 0.4) is 0 Å². The minimum absolute atomic E-state index is 0.0314. The Morgan fingerprint density at radius 1 is 1.33 bits per heavy atom. The molecule has 1 unspecified atom stereocenters. The Morgan fingerprint density at radius 2 is 2.10 bits per heavy atom. The minimum atomic E-state index is 0.0314. The summed E-state index contributed by atoms with van der Waals surface area (Å²) >= 11 is 0. The highest BCUT2D eigenvalue weighted by molar-refractivity contribution is 6.00. The number of aromatic nitrogens is 1. The second-order valence-corrected chi connectivity index (χ2v) is 5.22. The molecule has 0 spiro atoms. The van der Waals surface area contributed by atoms with Gasteiger partial charge in [-0.05, 0) is 35.9 Å². The highest BCUT2D eigenvalue weighted by atomic mass is 16.5. The van der Waals surface area contributed by atoms with Crippen LogP contribution < -0.4 is 0 Å². The van der Waals surface area contributed by atoms with Gasteiger partial charge in [0.25, 0.3) is 0 Å². The molecule has 0 amide bonds. The van der Waals surface area contributed by atoms with Crippen LogP contribution in [0.1, 0.15) is 24.5 Å². The van der Waals surface area contributed by atoms with Crippen molar-refractivity contribution in [2.45, 2.75) is 20.0 Å². The van der Waals surface area contributed by atoms with E-state index in [9.17, 15) is 5.21 Å².